The Morgan fingerprint density at radius 3 is 2.23 bits per heavy atom. The number of hydrogen-bond donors (Lipinski definition) is 1. The third-order valence-corrected chi connectivity index (χ3v) is 3.77. The molecule has 3 rings (SSSR count). The van der Waals surface area contributed by atoms with Gasteiger partial charge >= 0.3 is 0 Å². The highest BCUT2D eigenvalue weighted by Crippen LogP contribution is 2.37. The van der Waals surface area contributed by atoms with E-state index in [4.69, 9.17) is 9.47 Å². The topological polar surface area (TPSA) is 51.3 Å². The number of aromatic amines is 1. The van der Waals surface area contributed by atoms with Gasteiger partial charge in [-0.2, -0.15) is 0 Å². The van der Waals surface area contributed by atoms with Gasteiger partial charge in [0.1, 0.15) is 11.5 Å². The van der Waals surface area contributed by atoms with E-state index in [0.29, 0.717) is 22.6 Å². The second-order valence-corrected chi connectivity index (χ2v) is 5.04. The van der Waals surface area contributed by atoms with Gasteiger partial charge in [-0.25, -0.2) is 0 Å². The quantitative estimate of drug-likeness (QED) is 0.746. The second-order valence-electron chi connectivity index (χ2n) is 5.04. The first-order chi connectivity index (χ1) is 10.7. The molecule has 0 unspecified atom stereocenters. The largest absolute Gasteiger partial charge is 0.496 e. The van der Waals surface area contributed by atoms with Crippen molar-refractivity contribution in [2.24, 2.45) is 0 Å². The SMILES string of the molecule is COc1ccc(OC)c2c(C(=O)c3ccccc3)c(C)[nH]c12. The molecule has 0 saturated carbocycles. The van der Waals surface area contributed by atoms with E-state index in [2.05, 4.69) is 4.98 Å². The van der Waals surface area contributed by atoms with Gasteiger partial charge in [0.25, 0.3) is 0 Å². The number of nitrogens with one attached hydrogen (secondary N) is 1. The van der Waals surface area contributed by atoms with Crippen molar-refractivity contribution in [3.8, 4) is 11.5 Å². The van der Waals surface area contributed by atoms with E-state index in [1.54, 1.807) is 14.2 Å². The van der Waals surface area contributed by atoms with Crippen molar-refractivity contribution in [2.45, 2.75) is 6.92 Å². The average Bonchev–Trinajstić information content (AvgIpc) is 2.91. The molecule has 0 aliphatic heterocycles. The zero-order valence-electron chi connectivity index (χ0n) is 12.8. The number of methoxy groups -OCH3 is 2. The predicted molar refractivity (Wildman–Crippen MR) is 86.0 cm³/mol. The first-order valence-electron chi connectivity index (χ1n) is 7.00. The van der Waals surface area contributed by atoms with Crippen molar-refractivity contribution in [1.82, 2.24) is 4.98 Å². The molecule has 0 atom stereocenters. The van der Waals surface area contributed by atoms with Gasteiger partial charge in [-0.3, -0.25) is 4.79 Å². The lowest BCUT2D eigenvalue weighted by molar-refractivity contribution is 0.103. The van der Waals surface area contributed by atoms with Crippen LogP contribution in [0.4, 0.5) is 0 Å². The molecule has 0 amide bonds. The van der Waals surface area contributed by atoms with Crippen molar-refractivity contribution in [3.63, 3.8) is 0 Å². The summed E-state index contributed by atoms with van der Waals surface area (Å²) in [5.41, 5.74) is 2.85. The molecule has 0 spiro atoms. The number of aromatic nitrogens is 1. The van der Waals surface area contributed by atoms with Crippen LogP contribution < -0.4 is 9.47 Å². The zero-order valence-corrected chi connectivity index (χ0v) is 12.8. The van der Waals surface area contributed by atoms with E-state index >= 15 is 0 Å². The Labute approximate surface area is 128 Å². The summed E-state index contributed by atoms with van der Waals surface area (Å²) in [7, 11) is 3.20. The van der Waals surface area contributed by atoms with Crippen LogP contribution in [0.1, 0.15) is 21.6 Å². The normalized spacial score (nSPS) is 10.7. The molecule has 0 fully saturated rings. The summed E-state index contributed by atoms with van der Waals surface area (Å²) in [5, 5.41) is 0.758. The summed E-state index contributed by atoms with van der Waals surface area (Å²) in [4.78, 5) is 16.1. The third kappa shape index (κ3) is 2.13. The van der Waals surface area contributed by atoms with Crippen LogP contribution in [0.2, 0.25) is 0 Å². The summed E-state index contributed by atoms with van der Waals surface area (Å²) < 4.78 is 10.8. The van der Waals surface area contributed by atoms with Crippen LogP contribution in [-0.4, -0.2) is 25.0 Å². The second kappa shape index (κ2) is 5.56. The molecule has 112 valence electrons. The van der Waals surface area contributed by atoms with Gasteiger partial charge in [0.15, 0.2) is 5.78 Å². The van der Waals surface area contributed by atoms with Crippen molar-refractivity contribution in [3.05, 3.63) is 59.3 Å². The fraction of sp³-hybridized carbons (Fsp3) is 0.167. The molecule has 1 N–H and O–H groups in total. The molecule has 1 heterocycles. The lowest BCUT2D eigenvalue weighted by Gasteiger charge is -2.08. The van der Waals surface area contributed by atoms with Crippen LogP contribution in [0.25, 0.3) is 10.9 Å². The Hall–Kier alpha value is -2.75. The minimum absolute atomic E-state index is 0.0316. The Morgan fingerprint density at radius 2 is 1.59 bits per heavy atom. The minimum Gasteiger partial charge on any atom is -0.496 e. The van der Waals surface area contributed by atoms with Crippen LogP contribution in [0.3, 0.4) is 0 Å². The molecule has 4 nitrogen and oxygen atoms in total. The molecule has 22 heavy (non-hydrogen) atoms. The van der Waals surface area contributed by atoms with E-state index in [1.165, 1.54) is 0 Å². The Balaban J connectivity index is 2.30. The Kier molecular flexibility index (Phi) is 3.59. The minimum atomic E-state index is -0.0316. The highest BCUT2D eigenvalue weighted by atomic mass is 16.5. The molecule has 0 radical (unpaired) electrons. The number of rotatable bonds is 4. The van der Waals surface area contributed by atoms with Crippen LogP contribution in [-0.2, 0) is 0 Å². The van der Waals surface area contributed by atoms with Crippen molar-refractivity contribution < 1.29 is 14.3 Å². The van der Waals surface area contributed by atoms with Gasteiger partial charge in [-0.05, 0) is 19.1 Å². The number of fused-ring (bicyclic) bond motifs is 1. The maximum atomic E-state index is 12.9. The number of ketones is 1. The van der Waals surface area contributed by atoms with E-state index in [9.17, 15) is 4.79 Å². The standard InChI is InChI=1S/C18H17NO3/c1-11-15(18(20)12-7-5-4-6-8-12)16-13(21-2)9-10-14(22-3)17(16)19-11/h4-10,19H,1-3H3. The molecule has 4 heteroatoms. The van der Waals surface area contributed by atoms with Gasteiger partial charge < -0.3 is 14.5 Å². The lowest BCUT2D eigenvalue weighted by Crippen LogP contribution is -2.02. The Bertz CT molecular complexity index is 834. The smallest absolute Gasteiger partial charge is 0.195 e. The lowest BCUT2D eigenvalue weighted by atomic mass is 10.00. The van der Waals surface area contributed by atoms with E-state index in [1.807, 2.05) is 49.4 Å². The number of hydrogen-bond acceptors (Lipinski definition) is 3. The monoisotopic (exact) mass is 295 g/mol. The molecule has 3 aromatic rings. The molecule has 0 bridgehead atoms. The Morgan fingerprint density at radius 1 is 0.955 bits per heavy atom. The van der Waals surface area contributed by atoms with E-state index in [0.717, 1.165) is 16.6 Å². The van der Waals surface area contributed by atoms with Crippen LogP contribution >= 0.6 is 0 Å². The third-order valence-electron chi connectivity index (χ3n) is 3.77. The number of ether oxygens (including phenoxy) is 2. The fourth-order valence-electron chi connectivity index (χ4n) is 2.73. The molecule has 0 aliphatic carbocycles. The van der Waals surface area contributed by atoms with E-state index in [-0.39, 0.29) is 5.78 Å². The summed E-state index contributed by atoms with van der Waals surface area (Å²) in [6.07, 6.45) is 0. The number of aryl methyl sites for hydroxylation is 1. The van der Waals surface area contributed by atoms with Gasteiger partial charge in [0.2, 0.25) is 0 Å². The van der Waals surface area contributed by atoms with Gasteiger partial charge in [0.05, 0.1) is 30.7 Å². The van der Waals surface area contributed by atoms with Crippen molar-refractivity contribution in [2.75, 3.05) is 14.2 Å². The van der Waals surface area contributed by atoms with Gasteiger partial charge in [-0.15, -0.1) is 0 Å². The summed E-state index contributed by atoms with van der Waals surface area (Å²) in [6, 6.07) is 12.9. The van der Waals surface area contributed by atoms with Crippen molar-refractivity contribution >= 4 is 16.7 Å². The summed E-state index contributed by atoms with van der Waals surface area (Å²) in [6.45, 7) is 1.88. The van der Waals surface area contributed by atoms with Crippen LogP contribution in [0.15, 0.2) is 42.5 Å². The number of H-pyrrole nitrogens is 1. The van der Waals surface area contributed by atoms with E-state index < -0.39 is 0 Å². The first kappa shape index (κ1) is 14.2. The molecule has 1 aromatic heterocycles. The van der Waals surface area contributed by atoms with Gasteiger partial charge in [0, 0.05) is 11.3 Å². The molecule has 0 saturated heterocycles. The molecular formula is C18H17NO3. The van der Waals surface area contributed by atoms with Gasteiger partial charge in [-0.1, -0.05) is 30.3 Å². The predicted octanol–water partition coefficient (Wildman–Crippen LogP) is 3.72. The molecule has 2 aromatic carbocycles. The number of carbonyl (C=O) groups is 1. The summed E-state index contributed by atoms with van der Waals surface area (Å²) >= 11 is 0. The molecular weight excluding hydrogens is 278 g/mol. The van der Waals surface area contributed by atoms with Crippen LogP contribution in [0.5, 0.6) is 11.5 Å². The van der Waals surface area contributed by atoms with Crippen LogP contribution in [0, 0.1) is 6.92 Å². The summed E-state index contributed by atoms with van der Waals surface area (Å²) in [5.74, 6) is 1.31. The zero-order chi connectivity index (χ0) is 15.7. The number of carbonyl (C=O) groups excluding carboxylic acids is 1. The fourth-order valence-corrected chi connectivity index (χ4v) is 2.73. The van der Waals surface area contributed by atoms with Crippen molar-refractivity contribution in [1.29, 1.82) is 0 Å². The maximum absolute atomic E-state index is 12.9. The number of benzene rings is 2. The first-order valence-corrected chi connectivity index (χ1v) is 7.00. The average molecular weight is 295 g/mol. The molecule has 0 aliphatic rings. The maximum Gasteiger partial charge on any atom is 0.195 e. The highest BCUT2D eigenvalue weighted by Gasteiger charge is 2.22. The highest BCUT2D eigenvalue weighted by molar-refractivity contribution is 6.19.